The molecule has 0 spiro atoms. The van der Waals surface area contributed by atoms with Crippen molar-refractivity contribution in [3.8, 4) is 0 Å². The average Bonchev–Trinajstić information content (AvgIpc) is 2.74. The van der Waals surface area contributed by atoms with Crippen LogP contribution in [0.5, 0.6) is 0 Å². The van der Waals surface area contributed by atoms with Crippen molar-refractivity contribution in [2.24, 2.45) is 5.92 Å². The maximum atomic E-state index is 12.9. The van der Waals surface area contributed by atoms with Gasteiger partial charge in [0.05, 0.1) is 4.90 Å². The van der Waals surface area contributed by atoms with Gasteiger partial charge in [0, 0.05) is 29.7 Å². The number of carbonyl (C=O) groups is 1. The molecule has 0 saturated carbocycles. The Morgan fingerprint density at radius 3 is 2.48 bits per heavy atom. The lowest BCUT2D eigenvalue weighted by Gasteiger charge is -2.30. The molecular formula is C23H24N2O3S. The zero-order valence-electron chi connectivity index (χ0n) is 16.3. The van der Waals surface area contributed by atoms with Gasteiger partial charge in [-0.1, -0.05) is 43.3 Å². The van der Waals surface area contributed by atoms with Gasteiger partial charge in [0.2, 0.25) is 10.0 Å². The molecule has 0 aromatic heterocycles. The molecule has 0 bridgehead atoms. The van der Waals surface area contributed by atoms with Crippen molar-refractivity contribution in [3.05, 3.63) is 72.3 Å². The number of hydrogen-bond donors (Lipinski definition) is 1. The molecule has 4 rings (SSSR count). The number of nitrogens with one attached hydrogen (secondary N) is 1. The van der Waals surface area contributed by atoms with Gasteiger partial charge in [-0.25, -0.2) is 8.42 Å². The van der Waals surface area contributed by atoms with Crippen LogP contribution < -0.4 is 5.32 Å². The Morgan fingerprint density at radius 2 is 1.72 bits per heavy atom. The van der Waals surface area contributed by atoms with Crippen molar-refractivity contribution in [2.75, 3.05) is 18.4 Å². The SMILES string of the molecule is CC1CCCN(S(=O)(=O)c2ccc(C(=O)Nc3cccc4ccccc34)cc2)C1. The smallest absolute Gasteiger partial charge is 0.255 e. The molecule has 1 heterocycles. The first kappa shape index (κ1) is 19.6. The fourth-order valence-corrected chi connectivity index (χ4v) is 5.42. The molecule has 1 amide bonds. The van der Waals surface area contributed by atoms with Crippen molar-refractivity contribution in [1.82, 2.24) is 4.31 Å². The monoisotopic (exact) mass is 408 g/mol. The number of rotatable bonds is 4. The van der Waals surface area contributed by atoms with Crippen molar-refractivity contribution in [1.29, 1.82) is 0 Å². The highest BCUT2D eigenvalue weighted by Crippen LogP contribution is 2.25. The summed E-state index contributed by atoms with van der Waals surface area (Å²) in [4.78, 5) is 12.9. The van der Waals surface area contributed by atoms with Gasteiger partial charge in [0.25, 0.3) is 5.91 Å². The van der Waals surface area contributed by atoms with Gasteiger partial charge in [-0.05, 0) is 54.5 Å². The fraction of sp³-hybridized carbons (Fsp3) is 0.261. The van der Waals surface area contributed by atoms with Crippen molar-refractivity contribution >= 4 is 32.4 Å². The second-order valence-corrected chi connectivity index (χ2v) is 9.55. The summed E-state index contributed by atoms with van der Waals surface area (Å²) in [5, 5.41) is 4.93. The number of anilines is 1. The third kappa shape index (κ3) is 4.04. The van der Waals surface area contributed by atoms with Crippen LogP contribution in [-0.4, -0.2) is 31.7 Å². The number of nitrogens with zero attached hydrogens (tertiary/aromatic N) is 1. The number of benzene rings is 3. The molecule has 5 nitrogen and oxygen atoms in total. The highest BCUT2D eigenvalue weighted by molar-refractivity contribution is 7.89. The van der Waals surface area contributed by atoms with Gasteiger partial charge in [-0.15, -0.1) is 0 Å². The maximum absolute atomic E-state index is 12.9. The summed E-state index contributed by atoms with van der Waals surface area (Å²) in [6, 6.07) is 19.8. The van der Waals surface area contributed by atoms with E-state index in [1.54, 1.807) is 16.4 Å². The molecule has 150 valence electrons. The molecule has 0 radical (unpaired) electrons. The Balaban J connectivity index is 1.53. The Kier molecular flexibility index (Phi) is 5.39. The first-order valence-electron chi connectivity index (χ1n) is 9.84. The van der Waals surface area contributed by atoms with Crippen LogP contribution in [0.15, 0.2) is 71.6 Å². The fourth-order valence-electron chi connectivity index (χ4n) is 3.82. The highest BCUT2D eigenvalue weighted by atomic mass is 32.2. The van der Waals surface area contributed by atoms with Crippen LogP contribution in [0.2, 0.25) is 0 Å². The normalized spacial score (nSPS) is 17.9. The van der Waals surface area contributed by atoms with Gasteiger partial charge in [0.15, 0.2) is 0 Å². The maximum Gasteiger partial charge on any atom is 0.255 e. The molecule has 29 heavy (non-hydrogen) atoms. The molecular weight excluding hydrogens is 384 g/mol. The number of sulfonamides is 1. The van der Waals surface area contributed by atoms with Crippen LogP contribution in [0, 0.1) is 5.92 Å². The van der Waals surface area contributed by atoms with Crippen LogP contribution in [0.1, 0.15) is 30.1 Å². The van der Waals surface area contributed by atoms with Crippen LogP contribution in [0.25, 0.3) is 10.8 Å². The standard InChI is InChI=1S/C23H24N2O3S/c1-17-6-5-15-25(16-17)29(27,28)20-13-11-19(12-14-20)23(26)24-22-10-4-8-18-7-2-3-9-21(18)22/h2-4,7-14,17H,5-6,15-16H2,1H3,(H,24,26). The van der Waals surface area contributed by atoms with E-state index >= 15 is 0 Å². The van der Waals surface area contributed by atoms with Gasteiger partial charge in [-0.3, -0.25) is 4.79 Å². The minimum atomic E-state index is -3.52. The van der Waals surface area contributed by atoms with E-state index in [0.29, 0.717) is 24.6 Å². The van der Waals surface area contributed by atoms with Crippen molar-refractivity contribution < 1.29 is 13.2 Å². The van der Waals surface area contributed by atoms with E-state index in [-0.39, 0.29) is 10.8 Å². The van der Waals surface area contributed by atoms with E-state index in [0.717, 1.165) is 29.3 Å². The summed E-state index contributed by atoms with van der Waals surface area (Å²) >= 11 is 0. The number of piperidine rings is 1. The number of amides is 1. The summed E-state index contributed by atoms with van der Waals surface area (Å²) in [5.74, 6) is 0.0983. The van der Waals surface area contributed by atoms with Gasteiger partial charge < -0.3 is 5.32 Å². The van der Waals surface area contributed by atoms with E-state index in [2.05, 4.69) is 12.2 Å². The average molecular weight is 409 g/mol. The Morgan fingerprint density at radius 1 is 1.00 bits per heavy atom. The molecule has 6 heteroatoms. The topological polar surface area (TPSA) is 66.5 Å². The molecule has 1 aliphatic rings. The Labute approximate surface area is 171 Å². The van der Waals surface area contributed by atoms with E-state index in [4.69, 9.17) is 0 Å². The first-order valence-corrected chi connectivity index (χ1v) is 11.3. The lowest BCUT2D eigenvalue weighted by Crippen LogP contribution is -2.39. The second-order valence-electron chi connectivity index (χ2n) is 7.62. The van der Waals surface area contributed by atoms with Crippen molar-refractivity contribution in [2.45, 2.75) is 24.7 Å². The number of carbonyl (C=O) groups excluding carboxylic acids is 1. The quantitative estimate of drug-likeness (QED) is 0.691. The molecule has 1 unspecified atom stereocenters. The van der Waals surface area contributed by atoms with Crippen LogP contribution >= 0.6 is 0 Å². The summed E-state index contributed by atoms with van der Waals surface area (Å²) in [5.41, 5.74) is 1.15. The predicted molar refractivity (Wildman–Crippen MR) is 116 cm³/mol. The minimum Gasteiger partial charge on any atom is -0.321 e. The van der Waals surface area contributed by atoms with E-state index in [1.165, 1.54) is 12.1 Å². The summed E-state index contributed by atoms with van der Waals surface area (Å²) < 4.78 is 27.3. The summed E-state index contributed by atoms with van der Waals surface area (Å²) in [7, 11) is -3.52. The Hall–Kier alpha value is -2.70. The molecule has 1 aliphatic heterocycles. The molecule has 3 aromatic rings. The van der Waals surface area contributed by atoms with Crippen LogP contribution in [0.3, 0.4) is 0 Å². The van der Waals surface area contributed by atoms with Gasteiger partial charge >= 0.3 is 0 Å². The van der Waals surface area contributed by atoms with E-state index in [1.807, 2.05) is 42.5 Å². The lowest BCUT2D eigenvalue weighted by atomic mass is 10.0. The molecule has 3 aromatic carbocycles. The van der Waals surface area contributed by atoms with Crippen LogP contribution in [0.4, 0.5) is 5.69 Å². The molecule has 1 atom stereocenters. The largest absolute Gasteiger partial charge is 0.321 e. The van der Waals surface area contributed by atoms with E-state index in [9.17, 15) is 13.2 Å². The third-order valence-electron chi connectivity index (χ3n) is 5.41. The predicted octanol–water partition coefficient (Wildman–Crippen LogP) is 4.51. The number of hydrogen-bond acceptors (Lipinski definition) is 3. The molecule has 1 N–H and O–H groups in total. The Bertz CT molecular complexity index is 1140. The van der Waals surface area contributed by atoms with E-state index < -0.39 is 10.0 Å². The van der Waals surface area contributed by atoms with Gasteiger partial charge in [-0.2, -0.15) is 4.31 Å². The highest BCUT2D eigenvalue weighted by Gasteiger charge is 2.28. The molecule has 0 aliphatic carbocycles. The summed E-state index contributed by atoms with van der Waals surface area (Å²) in [6.45, 7) is 3.17. The second kappa shape index (κ2) is 7.97. The molecule has 1 saturated heterocycles. The van der Waals surface area contributed by atoms with Crippen molar-refractivity contribution in [3.63, 3.8) is 0 Å². The zero-order valence-corrected chi connectivity index (χ0v) is 17.2. The van der Waals surface area contributed by atoms with Crippen LogP contribution in [-0.2, 0) is 10.0 Å². The van der Waals surface area contributed by atoms with Gasteiger partial charge in [0.1, 0.15) is 0 Å². The lowest BCUT2D eigenvalue weighted by molar-refractivity contribution is 0.102. The number of fused-ring (bicyclic) bond motifs is 1. The zero-order chi connectivity index (χ0) is 20.4. The molecule has 1 fully saturated rings. The summed E-state index contributed by atoms with van der Waals surface area (Å²) in [6.07, 6.45) is 1.94. The minimum absolute atomic E-state index is 0.230. The first-order chi connectivity index (χ1) is 13.9. The third-order valence-corrected chi connectivity index (χ3v) is 7.29.